The Morgan fingerprint density at radius 1 is 0.710 bits per heavy atom. The van der Waals surface area contributed by atoms with E-state index in [-0.39, 0.29) is 125 Å². The van der Waals surface area contributed by atoms with Gasteiger partial charge < -0.3 is 38.5 Å². The van der Waals surface area contributed by atoms with Crippen LogP contribution >= 0.6 is 15.6 Å². The van der Waals surface area contributed by atoms with Crippen LogP contribution in [-0.2, 0) is 23.7 Å². The second-order valence-electron chi connectivity index (χ2n) is 5.37. The van der Waals surface area contributed by atoms with E-state index < -0.39 is 26.0 Å². The quantitative estimate of drug-likeness (QED) is 0.0676. The molecule has 0 aromatic carbocycles. The minimum atomic E-state index is -5.14. The van der Waals surface area contributed by atoms with E-state index in [1.807, 2.05) is 0 Å². The van der Waals surface area contributed by atoms with Crippen LogP contribution in [0.1, 0.15) is 71.1 Å². The summed E-state index contributed by atoms with van der Waals surface area (Å²) in [6, 6.07) is 0. The third-order valence-corrected chi connectivity index (χ3v) is 3.18. The van der Waals surface area contributed by atoms with Gasteiger partial charge in [0.2, 0.25) is 10.4 Å². The zero-order valence-corrected chi connectivity index (χ0v) is 29.7. The van der Waals surface area contributed by atoms with E-state index in [4.69, 9.17) is 38.5 Å². The zero-order valence-electron chi connectivity index (χ0n) is 19.1. The molecule has 3 N–H and O–H groups in total. The Morgan fingerprint density at radius 2 is 0.935 bits per heavy atom. The maximum absolute atomic E-state index is 10.1. The van der Waals surface area contributed by atoms with Crippen molar-refractivity contribution < 1.29 is 174 Å². The maximum atomic E-state index is 10.1. The molecule has 31 heavy (non-hydrogen) atoms. The van der Waals surface area contributed by atoms with Crippen LogP contribution in [0.5, 0.6) is 0 Å². The van der Waals surface area contributed by atoms with Gasteiger partial charge in [-0.15, -0.1) is 0 Å². The second-order valence-corrected chi connectivity index (χ2v) is 8.34. The molecule has 0 atom stereocenters. The van der Waals surface area contributed by atoms with Gasteiger partial charge in [-0.2, -0.15) is 0 Å². The monoisotopic (exact) mass is 550 g/mol. The van der Waals surface area contributed by atoms with Crippen LogP contribution in [0, 0.1) is 0 Å². The standard InChI is InChI=1S/C12H26O4S.4Na.2H3O4P/c1-2-3-4-5-6-7-8-9-10-11-12-16-17(13,14)15;;;;;2*1-5(2,3)4/h2-12H2,1H3,(H,13,14,15);;;;;2*(H3,1,2,3,4)/q;4*+1;;/p-4. The molecule has 0 aliphatic carbocycles. The van der Waals surface area contributed by atoms with Gasteiger partial charge in [-0.3, -0.25) is 8.75 Å². The molecule has 0 spiro atoms. The number of phosphoric acid groups is 2. The molecule has 0 aliphatic heterocycles. The number of unbranched alkanes of at least 4 members (excludes halogenated alkanes) is 9. The molecule has 0 bridgehead atoms. The van der Waals surface area contributed by atoms with Crippen LogP contribution in [0.15, 0.2) is 0 Å². The minimum Gasteiger partial charge on any atom is -0.790 e. The summed E-state index contributed by atoms with van der Waals surface area (Å²) in [6.07, 6.45) is 11.7. The van der Waals surface area contributed by atoms with Crippen molar-refractivity contribution in [1.82, 2.24) is 0 Å². The Bertz CT molecular complexity index is 493. The first-order valence-corrected chi connectivity index (χ1v) is 12.5. The van der Waals surface area contributed by atoms with Crippen LogP contribution in [0.2, 0.25) is 0 Å². The predicted octanol–water partition coefficient (Wildman–Crippen LogP) is -12.4. The van der Waals surface area contributed by atoms with E-state index in [2.05, 4.69) is 11.1 Å². The molecule has 0 saturated heterocycles. The van der Waals surface area contributed by atoms with Crippen molar-refractivity contribution >= 4 is 26.0 Å². The van der Waals surface area contributed by atoms with Crippen molar-refractivity contribution in [2.24, 2.45) is 0 Å². The van der Waals surface area contributed by atoms with Crippen LogP contribution in [-0.4, -0.2) is 34.3 Å². The van der Waals surface area contributed by atoms with Crippen molar-refractivity contribution in [3.8, 4) is 0 Å². The fourth-order valence-corrected chi connectivity index (χ4v) is 2.07. The topological polar surface area (TPSA) is 230 Å². The summed E-state index contributed by atoms with van der Waals surface area (Å²) >= 11 is 0. The van der Waals surface area contributed by atoms with E-state index >= 15 is 0 Å². The normalized spacial score (nSPS) is 10.3. The van der Waals surface area contributed by atoms with Gasteiger partial charge in [0.25, 0.3) is 7.82 Å². The molecule has 168 valence electrons. The van der Waals surface area contributed by atoms with Crippen molar-refractivity contribution in [3.63, 3.8) is 0 Å². The molecule has 0 unspecified atom stereocenters. The largest absolute Gasteiger partial charge is 1.00 e. The van der Waals surface area contributed by atoms with Gasteiger partial charge in [-0.1, -0.05) is 64.7 Å². The molecule has 0 heterocycles. The molecule has 0 amide bonds. The third-order valence-electron chi connectivity index (χ3n) is 2.73. The summed E-state index contributed by atoms with van der Waals surface area (Å²) in [7, 11) is -14.5. The van der Waals surface area contributed by atoms with Gasteiger partial charge in [0.1, 0.15) is 0 Å². The molecule has 12 nitrogen and oxygen atoms in total. The molecular formula is C12H28Na4O12P2S. The summed E-state index contributed by atoms with van der Waals surface area (Å²) in [5.41, 5.74) is 0. The van der Waals surface area contributed by atoms with Crippen LogP contribution in [0.3, 0.4) is 0 Å². The predicted molar refractivity (Wildman–Crippen MR) is 89.4 cm³/mol. The zero-order chi connectivity index (χ0) is 22.0. The minimum absolute atomic E-state index is 0. The Hall–Kier alpha value is 4.09. The fourth-order valence-electron chi connectivity index (χ4n) is 1.75. The number of hydrogen-bond acceptors (Lipinski definition) is 9. The van der Waals surface area contributed by atoms with Crippen molar-refractivity contribution in [2.45, 2.75) is 71.1 Å². The summed E-state index contributed by atoms with van der Waals surface area (Å²) in [4.78, 5) is 47.2. The first-order valence-electron chi connectivity index (χ1n) is 8.18. The van der Waals surface area contributed by atoms with Crippen LogP contribution < -0.4 is 133 Å². The Balaban J connectivity index is -0.0000000696. The molecule has 0 aliphatic rings. The second kappa shape index (κ2) is 32.1. The Labute approximate surface area is 273 Å². The first-order chi connectivity index (χ1) is 12.1. The number of rotatable bonds is 12. The molecule has 0 aromatic heterocycles. The van der Waals surface area contributed by atoms with E-state index in [1.165, 1.54) is 44.9 Å². The van der Waals surface area contributed by atoms with E-state index in [9.17, 15) is 13.0 Å². The summed E-state index contributed by atoms with van der Waals surface area (Å²) in [6.45, 7) is 2.24. The average molecular weight is 550 g/mol. The van der Waals surface area contributed by atoms with E-state index in [0.29, 0.717) is 6.42 Å². The molecule has 0 saturated carbocycles. The fraction of sp³-hybridized carbons (Fsp3) is 1.00. The van der Waals surface area contributed by atoms with E-state index in [1.54, 1.807) is 0 Å². The van der Waals surface area contributed by atoms with Gasteiger partial charge in [0, 0.05) is 0 Å². The van der Waals surface area contributed by atoms with Crippen molar-refractivity contribution in [2.75, 3.05) is 6.61 Å². The summed E-state index contributed by atoms with van der Waals surface area (Å²) in [5, 5.41) is 0. The Morgan fingerprint density at radius 3 is 1.16 bits per heavy atom. The average Bonchev–Trinajstić information content (AvgIpc) is 2.40. The molecule has 0 radical (unpaired) electrons. The van der Waals surface area contributed by atoms with Crippen molar-refractivity contribution in [1.29, 1.82) is 0 Å². The smallest absolute Gasteiger partial charge is 0.790 e. The Kier molecular flexibility index (Phi) is 53.5. The van der Waals surface area contributed by atoms with Crippen molar-refractivity contribution in [3.05, 3.63) is 0 Å². The molecular weight excluding hydrogens is 522 g/mol. The summed E-state index contributed by atoms with van der Waals surface area (Å²) < 4.78 is 51.9. The van der Waals surface area contributed by atoms with Gasteiger partial charge in [-0.25, -0.2) is 8.42 Å². The number of hydrogen-bond donors (Lipinski definition) is 3. The van der Waals surface area contributed by atoms with Gasteiger partial charge in [0.15, 0.2) is 0 Å². The van der Waals surface area contributed by atoms with Gasteiger partial charge >= 0.3 is 118 Å². The molecule has 0 aromatic rings. The van der Waals surface area contributed by atoms with Gasteiger partial charge in [0.05, 0.1) is 14.4 Å². The van der Waals surface area contributed by atoms with Crippen LogP contribution in [0.4, 0.5) is 0 Å². The maximum Gasteiger partial charge on any atom is 1.00 e. The molecule has 0 rings (SSSR count). The first kappa shape index (κ1) is 51.7. The summed E-state index contributed by atoms with van der Waals surface area (Å²) in [5.74, 6) is 0. The van der Waals surface area contributed by atoms with Gasteiger partial charge in [-0.05, 0) is 6.42 Å². The third kappa shape index (κ3) is 107. The van der Waals surface area contributed by atoms with E-state index in [0.717, 1.165) is 12.8 Å². The van der Waals surface area contributed by atoms with Crippen LogP contribution in [0.25, 0.3) is 0 Å². The molecule has 0 fully saturated rings. The molecule has 19 heteroatoms. The SMILES string of the molecule is CCCCCCCCCCCCOS(=O)(=O)[O-].O=P([O-])(O)O.O=P([O-])([O-])O.[Na+].[Na+].[Na+].[Na+].